The van der Waals surface area contributed by atoms with E-state index in [1.54, 1.807) is 12.1 Å². The van der Waals surface area contributed by atoms with Crippen molar-refractivity contribution in [2.45, 2.75) is 52.0 Å². The lowest BCUT2D eigenvalue weighted by atomic mass is 9.72. The molecule has 1 fully saturated rings. The lowest BCUT2D eigenvalue weighted by molar-refractivity contribution is 0.176. The number of hydrogen-bond donors (Lipinski definition) is 1. The first-order chi connectivity index (χ1) is 9.67. The van der Waals surface area contributed by atoms with Crippen molar-refractivity contribution in [3.63, 3.8) is 0 Å². The predicted molar refractivity (Wildman–Crippen MR) is 83.6 cm³/mol. The van der Waals surface area contributed by atoms with Crippen molar-refractivity contribution in [1.82, 2.24) is 5.32 Å². The van der Waals surface area contributed by atoms with E-state index in [1.165, 1.54) is 32.1 Å². The molecule has 1 aromatic carbocycles. The molecule has 0 aromatic heterocycles. The molecule has 0 spiro atoms. The summed E-state index contributed by atoms with van der Waals surface area (Å²) >= 11 is 5.81. The predicted octanol–water partition coefficient (Wildman–Crippen LogP) is 5.35. The van der Waals surface area contributed by atoms with Crippen LogP contribution in [-0.2, 0) is 0 Å². The summed E-state index contributed by atoms with van der Waals surface area (Å²) in [5.41, 5.74) is 1.04. The van der Waals surface area contributed by atoms with E-state index in [-0.39, 0.29) is 16.9 Å². The van der Waals surface area contributed by atoms with Crippen LogP contribution in [-0.4, -0.2) is 6.54 Å². The van der Waals surface area contributed by atoms with Crippen LogP contribution in [0.4, 0.5) is 4.39 Å². The van der Waals surface area contributed by atoms with Crippen molar-refractivity contribution in [2.24, 2.45) is 11.8 Å². The van der Waals surface area contributed by atoms with Gasteiger partial charge in [0.2, 0.25) is 0 Å². The van der Waals surface area contributed by atoms with Crippen LogP contribution in [0.5, 0.6) is 0 Å². The third-order valence-corrected chi connectivity index (χ3v) is 4.95. The van der Waals surface area contributed by atoms with Gasteiger partial charge in [0.05, 0.1) is 5.02 Å². The van der Waals surface area contributed by atoms with E-state index in [4.69, 9.17) is 11.6 Å². The highest BCUT2D eigenvalue weighted by Gasteiger charge is 2.31. The topological polar surface area (TPSA) is 12.0 Å². The number of hydrogen-bond acceptors (Lipinski definition) is 1. The van der Waals surface area contributed by atoms with E-state index in [0.29, 0.717) is 5.92 Å². The summed E-state index contributed by atoms with van der Waals surface area (Å²) in [5, 5.41) is 3.78. The SMILES string of the molecule is CCNC(c1ccc(Cl)c(F)c1)C1CCCCC1CC. The molecule has 1 saturated carbocycles. The summed E-state index contributed by atoms with van der Waals surface area (Å²) in [4.78, 5) is 0. The molecule has 0 aliphatic heterocycles. The maximum absolute atomic E-state index is 13.8. The average Bonchev–Trinajstić information content (AvgIpc) is 2.48. The lowest BCUT2D eigenvalue weighted by Crippen LogP contribution is -2.34. The van der Waals surface area contributed by atoms with Crippen LogP contribution in [0.15, 0.2) is 18.2 Å². The van der Waals surface area contributed by atoms with Crippen LogP contribution in [0.3, 0.4) is 0 Å². The Bertz CT molecular complexity index is 435. The van der Waals surface area contributed by atoms with E-state index in [0.717, 1.165) is 18.0 Å². The summed E-state index contributed by atoms with van der Waals surface area (Å²) in [5.74, 6) is 1.04. The second kappa shape index (κ2) is 7.42. The standard InChI is InChI=1S/C17H25ClFN/c1-3-12-7-5-6-8-14(12)17(20-4-2)13-9-10-15(18)16(19)11-13/h9-12,14,17,20H,3-8H2,1-2H3. The van der Waals surface area contributed by atoms with E-state index in [1.807, 2.05) is 6.07 Å². The summed E-state index contributed by atoms with van der Waals surface area (Å²) < 4.78 is 13.8. The molecule has 20 heavy (non-hydrogen) atoms. The van der Waals surface area contributed by atoms with Gasteiger partial charge < -0.3 is 5.32 Å². The van der Waals surface area contributed by atoms with Crippen LogP contribution in [0.25, 0.3) is 0 Å². The normalized spacial score (nSPS) is 24.6. The maximum atomic E-state index is 13.8. The number of halogens is 2. The van der Waals surface area contributed by atoms with Gasteiger partial charge in [-0.2, -0.15) is 0 Å². The molecule has 3 heteroatoms. The number of nitrogens with one attached hydrogen (secondary N) is 1. The molecule has 1 aliphatic carbocycles. The summed E-state index contributed by atoms with van der Waals surface area (Å²) in [6.45, 7) is 5.29. The van der Waals surface area contributed by atoms with E-state index >= 15 is 0 Å². The molecular formula is C17H25ClFN. The van der Waals surface area contributed by atoms with Crippen molar-refractivity contribution < 1.29 is 4.39 Å². The maximum Gasteiger partial charge on any atom is 0.142 e. The Balaban J connectivity index is 2.26. The average molecular weight is 298 g/mol. The number of rotatable bonds is 5. The molecule has 1 aliphatic rings. The molecule has 1 N–H and O–H groups in total. The molecule has 1 nitrogen and oxygen atoms in total. The Morgan fingerprint density at radius 1 is 1.30 bits per heavy atom. The zero-order valence-electron chi connectivity index (χ0n) is 12.5. The minimum Gasteiger partial charge on any atom is -0.310 e. The zero-order valence-corrected chi connectivity index (χ0v) is 13.2. The van der Waals surface area contributed by atoms with Crippen LogP contribution in [0.1, 0.15) is 57.6 Å². The smallest absolute Gasteiger partial charge is 0.142 e. The highest BCUT2D eigenvalue weighted by molar-refractivity contribution is 6.30. The third-order valence-electron chi connectivity index (χ3n) is 4.65. The van der Waals surface area contributed by atoms with Gasteiger partial charge in [0, 0.05) is 6.04 Å². The van der Waals surface area contributed by atoms with Gasteiger partial charge in [-0.05, 0) is 42.5 Å². The molecule has 0 heterocycles. The minimum atomic E-state index is -0.309. The number of benzene rings is 1. The van der Waals surface area contributed by atoms with Gasteiger partial charge >= 0.3 is 0 Å². The molecule has 3 unspecified atom stereocenters. The Hall–Kier alpha value is -0.600. The molecule has 0 saturated heterocycles. The minimum absolute atomic E-state index is 0.208. The summed E-state index contributed by atoms with van der Waals surface area (Å²) in [6, 6.07) is 5.51. The van der Waals surface area contributed by atoms with E-state index < -0.39 is 0 Å². The van der Waals surface area contributed by atoms with Gasteiger partial charge in [-0.15, -0.1) is 0 Å². The van der Waals surface area contributed by atoms with Gasteiger partial charge in [-0.25, -0.2) is 4.39 Å². The van der Waals surface area contributed by atoms with Crippen molar-refractivity contribution in [2.75, 3.05) is 6.54 Å². The molecule has 3 atom stereocenters. The molecule has 0 radical (unpaired) electrons. The molecule has 0 bridgehead atoms. The van der Waals surface area contributed by atoms with E-state index in [9.17, 15) is 4.39 Å². The van der Waals surface area contributed by atoms with Crippen LogP contribution < -0.4 is 5.32 Å². The monoisotopic (exact) mass is 297 g/mol. The first kappa shape index (κ1) is 15.8. The summed E-state index contributed by atoms with van der Waals surface area (Å²) in [6.07, 6.45) is 6.38. The van der Waals surface area contributed by atoms with Crippen molar-refractivity contribution in [3.05, 3.63) is 34.6 Å². The Morgan fingerprint density at radius 2 is 2.05 bits per heavy atom. The fourth-order valence-corrected chi connectivity index (χ4v) is 3.74. The van der Waals surface area contributed by atoms with E-state index in [2.05, 4.69) is 19.2 Å². The van der Waals surface area contributed by atoms with Gasteiger partial charge in [-0.1, -0.05) is 57.2 Å². The summed E-state index contributed by atoms with van der Waals surface area (Å²) in [7, 11) is 0. The first-order valence-electron chi connectivity index (χ1n) is 7.85. The first-order valence-corrected chi connectivity index (χ1v) is 8.23. The van der Waals surface area contributed by atoms with Gasteiger partial charge in [0.25, 0.3) is 0 Å². The Labute approximate surface area is 126 Å². The lowest BCUT2D eigenvalue weighted by Gasteiger charge is -2.37. The molecule has 112 valence electrons. The van der Waals surface area contributed by atoms with Gasteiger partial charge in [-0.3, -0.25) is 0 Å². The van der Waals surface area contributed by atoms with Crippen molar-refractivity contribution >= 4 is 11.6 Å². The Kier molecular flexibility index (Phi) is 5.86. The highest BCUT2D eigenvalue weighted by atomic mass is 35.5. The van der Waals surface area contributed by atoms with Crippen molar-refractivity contribution in [3.8, 4) is 0 Å². The Morgan fingerprint density at radius 3 is 2.70 bits per heavy atom. The van der Waals surface area contributed by atoms with Gasteiger partial charge in [0.15, 0.2) is 0 Å². The fraction of sp³-hybridized carbons (Fsp3) is 0.647. The quantitative estimate of drug-likeness (QED) is 0.773. The van der Waals surface area contributed by atoms with Gasteiger partial charge in [0.1, 0.15) is 5.82 Å². The zero-order chi connectivity index (χ0) is 14.5. The second-order valence-corrected chi connectivity index (χ2v) is 6.23. The fourth-order valence-electron chi connectivity index (χ4n) is 3.62. The highest BCUT2D eigenvalue weighted by Crippen LogP contribution is 2.40. The largest absolute Gasteiger partial charge is 0.310 e. The molecule has 0 amide bonds. The van der Waals surface area contributed by atoms with Crippen LogP contribution in [0.2, 0.25) is 5.02 Å². The van der Waals surface area contributed by atoms with Crippen molar-refractivity contribution in [1.29, 1.82) is 0 Å². The molecule has 1 aromatic rings. The molecule has 2 rings (SSSR count). The van der Waals surface area contributed by atoms with Crippen LogP contribution >= 0.6 is 11.6 Å². The molecular weight excluding hydrogens is 273 g/mol. The second-order valence-electron chi connectivity index (χ2n) is 5.83. The van der Waals surface area contributed by atoms with Crippen LogP contribution in [0, 0.1) is 17.7 Å². The third kappa shape index (κ3) is 3.53.